The fraction of sp³-hybridized carbons (Fsp3) is 0.400. The quantitative estimate of drug-likeness (QED) is 0.792. The topological polar surface area (TPSA) is 55.4 Å². The highest BCUT2D eigenvalue weighted by Crippen LogP contribution is 2.19. The molecule has 0 radical (unpaired) electrons. The van der Waals surface area contributed by atoms with E-state index >= 15 is 0 Å². The van der Waals surface area contributed by atoms with Crippen LogP contribution in [0.1, 0.15) is 5.56 Å². The number of aryl methyl sites for hydroxylation is 1. The molecule has 4 nitrogen and oxygen atoms in total. The summed E-state index contributed by atoms with van der Waals surface area (Å²) in [5.41, 5.74) is 0.494. The third-order valence-corrected chi connectivity index (χ3v) is 2.61. The van der Waals surface area contributed by atoms with Crippen molar-refractivity contribution in [2.75, 3.05) is 19.4 Å². The van der Waals surface area contributed by atoms with Crippen molar-refractivity contribution in [1.82, 2.24) is 4.72 Å². The molecule has 0 aromatic heterocycles. The summed E-state index contributed by atoms with van der Waals surface area (Å²) in [5.74, 6) is -0.280. The Bertz CT molecular complexity index is 459. The van der Waals surface area contributed by atoms with Crippen LogP contribution in [-0.2, 0) is 10.0 Å². The van der Waals surface area contributed by atoms with Crippen molar-refractivity contribution in [3.8, 4) is 5.75 Å². The number of nitrogens with one attached hydrogen (secondary N) is 1. The van der Waals surface area contributed by atoms with E-state index < -0.39 is 15.8 Å². The third kappa shape index (κ3) is 4.16. The van der Waals surface area contributed by atoms with Crippen LogP contribution in [0.3, 0.4) is 0 Å². The Hall–Kier alpha value is -1.14. The van der Waals surface area contributed by atoms with Crippen LogP contribution in [0, 0.1) is 12.7 Å². The first-order chi connectivity index (χ1) is 7.40. The molecule has 0 aliphatic rings. The number of hydrogen-bond donors (Lipinski definition) is 1. The van der Waals surface area contributed by atoms with E-state index in [0.717, 1.165) is 6.26 Å². The van der Waals surface area contributed by atoms with E-state index in [2.05, 4.69) is 4.72 Å². The van der Waals surface area contributed by atoms with Crippen molar-refractivity contribution in [3.05, 3.63) is 29.6 Å². The van der Waals surface area contributed by atoms with Gasteiger partial charge in [0.1, 0.15) is 6.61 Å². The molecule has 0 amide bonds. The van der Waals surface area contributed by atoms with Gasteiger partial charge in [-0.15, -0.1) is 0 Å². The molecule has 1 aromatic carbocycles. The molecule has 0 saturated heterocycles. The minimum Gasteiger partial charge on any atom is -0.489 e. The Balaban J connectivity index is 2.47. The highest BCUT2D eigenvalue weighted by Gasteiger charge is 2.05. The fourth-order valence-electron chi connectivity index (χ4n) is 1.12. The van der Waals surface area contributed by atoms with Gasteiger partial charge in [0.25, 0.3) is 0 Å². The molecule has 0 heterocycles. The van der Waals surface area contributed by atoms with Crippen LogP contribution >= 0.6 is 0 Å². The zero-order valence-electron chi connectivity index (χ0n) is 9.16. The van der Waals surface area contributed by atoms with Gasteiger partial charge in [-0.2, -0.15) is 0 Å². The molecule has 1 N–H and O–H groups in total. The van der Waals surface area contributed by atoms with Crippen LogP contribution in [0.15, 0.2) is 18.2 Å². The lowest BCUT2D eigenvalue weighted by atomic mass is 10.2. The first-order valence-corrected chi connectivity index (χ1v) is 6.62. The maximum Gasteiger partial charge on any atom is 0.208 e. The Labute approximate surface area is 94.5 Å². The molecule has 0 spiro atoms. The van der Waals surface area contributed by atoms with E-state index in [1.54, 1.807) is 19.1 Å². The van der Waals surface area contributed by atoms with Gasteiger partial charge in [-0.05, 0) is 18.6 Å². The number of sulfonamides is 1. The minimum absolute atomic E-state index is 0.0907. The molecule has 0 fully saturated rings. The van der Waals surface area contributed by atoms with Crippen LogP contribution in [0.5, 0.6) is 5.75 Å². The molecule has 0 unspecified atom stereocenters. The highest BCUT2D eigenvalue weighted by molar-refractivity contribution is 7.88. The van der Waals surface area contributed by atoms with E-state index in [1.165, 1.54) is 6.07 Å². The van der Waals surface area contributed by atoms with Crippen molar-refractivity contribution in [1.29, 1.82) is 0 Å². The van der Waals surface area contributed by atoms with Gasteiger partial charge in [0, 0.05) is 6.54 Å². The Kier molecular flexibility index (Phi) is 4.26. The fourth-order valence-corrected chi connectivity index (χ4v) is 1.57. The van der Waals surface area contributed by atoms with E-state index in [0.29, 0.717) is 5.56 Å². The molecular formula is C10H14FNO3S. The Morgan fingerprint density at radius 2 is 2.12 bits per heavy atom. The summed E-state index contributed by atoms with van der Waals surface area (Å²) in [6.07, 6.45) is 1.06. The zero-order chi connectivity index (χ0) is 12.2. The molecule has 0 atom stereocenters. The third-order valence-electron chi connectivity index (χ3n) is 1.88. The molecular weight excluding hydrogens is 233 g/mol. The predicted octanol–water partition coefficient (Wildman–Crippen LogP) is 1.06. The molecule has 16 heavy (non-hydrogen) atoms. The largest absolute Gasteiger partial charge is 0.489 e. The summed E-state index contributed by atoms with van der Waals surface area (Å²) in [6, 6.07) is 4.82. The molecule has 0 saturated carbocycles. The minimum atomic E-state index is -3.22. The maximum absolute atomic E-state index is 13.4. The monoisotopic (exact) mass is 247 g/mol. The van der Waals surface area contributed by atoms with Gasteiger partial charge in [0.15, 0.2) is 11.6 Å². The van der Waals surface area contributed by atoms with Crippen molar-refractivity contribution in [2.45, 2.75) is 6.92 Å². The highest BCUT2D eigenvalue weighted by atomic mass is 32.2. The number of benzene rings is 1. The first kappa shape index (κ1) is 12.9. The van der Waals surface area contributed by atoms with E-state index in [-0.39, 0.29) is 18.9 Å². The van der Waals surface area contributed by atoms with E-state index in [9.17, 15) is 12.8 Å². The standard InChI is InChI=1S/C10H14FNO3S/c1-8-4-3-5-9(10(8)11)15-7-6-12-16(2,13)14/h3-5,12H,6-7H2,1-2H3. The lowest BCUT2D eigenvalue weighted by Crippen LogP contribution is -2.27. The summed E-state index contributed by atoms with van der Waals surface area (Å²) in [5, 5.41) is 0. The number of rotatable bonds is 5. The summed E-state index contributed by atoms with van der Waals surface area (Å²) in [7, 11) is -3.22. The van der Waals surface area contributed by atoms with E-state index in [1.807, 2.05) is 0 Å². The Morgan fingerprint density at radius 3 is 2.75 bits per heavy atom. The van der Waals surface area contributed by atoms with E-state index in [4.69, 9.17) is 4.74 Å². The Morgan fingerprint density at radius 1 is 1.44 bits per heavy atom. The van der Waals surface area contributed by atoms with Gasteiger partial charge >= 0.3 is 0 Å². The van der Waals surface area contributed by atoms with Gasteiger partial charge in [-0.3, -0.25) is 0 Å². The number of hydrogen-bond acceptors (Lipinski definition) is 3. The summed E-state index contributed by atoms with van der Waals surface area (Å²) >= 11 is 0. The van der Waals surface area contributed by atoms with Crippen LogP contribution in [0.2, 0.25) is 0 Å². The van der Waals surface area contributed by atoms with Gasteiger partial charge in [0.2, 0.25) is 10.0 Å². The van der Waals surface area contributed by atoms with Crippen molar-refractivity contribution in [3.63, 3.8) is 0 Å². The summed E-state index contributed by atoms with van der Waals surface area (Å²) < 4.78 is 42.2. The smallest absolute Gasteiger partial charge is 0.208 e. The zero-order valence-corrected chi connectivity index (χ0v) is 9.97. The lowest BCUT2D eigenvalue weighted by molar-refractivity contribution is 0.306. The second kappa shape index (κ2) is 5.27. The number of ether oxygens (including phenoxy) is 1. The van der Waals surface area contributed by atoms with Gasteiger partial charge in [0.05, 0.1) is 6.26 Å². The summed E-state index contributed by atoms with van der Waals surface area (Å²) in [4.78, 5) is 0. The average molecular weight is 247 g/mol. The lowest BCUT2D eigenvalue weighted by Gasteiger charge is -2.08. The SMILES string of the molecule is Cc1cccc(OCCNS(C)(=O)=O)c1F. The summed E-state index contributed by atoms with van der Waals surface area (Å²) in [6.45, 7) is 1.84. The van der Waals surface area contributed by atoms with Gasteiger partial charge in [-0.1, -0.05) is 12.1 Å². The molecule has 1 aromatic rings. The molecule has 6 heteroatoms. The molecule has 0 bridgehead atoms. The van der Waals surface area contributed by atoms with Crippen LogP contribution in [0.25, 0.3) is 0 Å². The van der Waals surface area contributed by atoms with Crippen LogP contribution in [-0.4, -0.2) is 27.8 Å². The number of halogens is 1. The molecule has 0 aliphatic carbocycles. The van der Waals surface area contributed by atoms with Crippen LogP contribution < -0.4 is 9.46 Å². The normalized spacial score (nSPS) is 11.4. The van der Waals surface area contributed by atoms with Crippen LogP contribution in [0.4, 0.5) is 4.39 Å². The molecule has 90 valence electrons. The van der Waals surface area contributed by atoms with Crippen molar-refractivity contribution >= 4 is 10.0 Å². The predicted molar refractivity (Wildman–Crippen MR) is 59.5 cm³/mol. The average Bonchev–Trinajstić information content (AvgIpc) is 2.17. The van der Waals surface area contributed by atoms with Gasteiger partial charge < -0.3 is 4.74 Å². The van der Waals surface area contributed by atoms with Crippen molar-refractivity contribution in [2.24, 2.45) is 0 Å². The van der Waals surface area contributed by atoms with Crippen molar-refractivity contribution < 1.29 is 17.5 Å². The maximum atomic E-state index is 13.4. The second-order valence-corrected chi connectivity index (χ2v) is 5.24. The molecule has 0 aliphatic heterocycles. The van der Waals surface area contributed by atoms with Gasteiger partial charge in [-0.25, -0.2) is 17.5 Å². The first-order valence-electron chi connectivity index (χ1n) is 4.73. The second-order valence-electron chi connectivity index (χ2n) is 3.40. The molecule has 1 rings (SSSR count).